The van der Waals surface area contributed by atoms with Crippen LogP contribution < -0.4 is 11.1 Å². The molecule has 0 radical (unpaired) electrons. The average Bonchev–Trinajstić information content (AvgIpc) is 3.12. The van der Waals surface area contributed by atoms with Crippen LogP contribution in [0, 0.1) is 6.92 Å². The number of hydrogen-bond acceptors (Lipinski definition) is 4. The van der Waals surface area contributed by atoms with Crippen LogP contribution in [-0.2, 0) is 6.42 Å². The fraction of sp³-hybridized carbons (Fsp3) is 0.174. The van der Waals surface area contributed by atoms with Crippen LogP contribution in [0.4, 0.5) is 5.95 Å². The molecule has 8 heteroatoms. The maximum Gasteiger partial charge on any atom is 0.253 e. The van der Waals surface area contributed by atoms with Crippen LogP contribution in [0.25, 0.3) is 16.8 Å². The molecule has 1 amide bonds. The molecule has 0 unspecified atom stereocenters. The zero-order valence-electron chi connectivity index (χ0n) is 16.9. The molecule has 3 N–H and O–H groups in total. The number of nitrogens with zero attached hydrogens (tertiary/aromatic N) is 3. The zero-order valence-corrected chi connectivity index (χ0v) is 18.4. The molecule has 0 saturated carbocycles. The van der Waals surface area contributed by atoms with Crippen LogP contribution in [-0.4, -0.2) is 27.0 Å². The van der Waals surface area contributed by atoms with Crippen molar-refractivity contribution in [3.8, 4) is 11.1 Å². The highest BCUT2D eigenvalue weighted by atomic mass is 35.5. The van der Waals surface area contributed by atoms with Crippen LogP contribution in [0.2, 0.25) is 10.0 Å². The summed E-state index contributed by atoms with van der Waals surface area (Å²) >= 11 is 12.6. The van der Waals surface area contributed by atoms with E-state index in [4.69, 9.17) is 28.9 Å². The molecule has 0 aliphatic heterocycles. The van der Waals surface area contributed by atoms with Crippen molar-refractivity contribution >= 4 is 40.7 Å². The van der Waals surface area contributed by atoms with Crippen molar-refractivity contribution in [2.75, 3.05) is 12.3 Å². The van der Waals surface area contributed by atoms with Gasteiger partial charge in [-0.1, -0.05) is 47.5 Å². The number of nitrogens with two attached hydrogens (primary N) is 1. The van der Waals surface area contributed by atoms with Crippen LogP contribution in [0.3, 0.4) is 0 Å². The quantitative estimate of drug-likeness (QED) is 0.404. The van der Waals surface area contributed by atoms with E-state index in [2.05, 4.69) is 15.4 Å². The molecule has 2 aromatic carbocycles. The third-order valence-corrected chi connectivity index (χ3v) is 5.73. The minimum Gasteiger partial charge on any atom is -0.366 e. The Balaban J connectivity index is 1.49. The van der Waals surface area contributed by atoms with E-state index in [0.717, 1.165) is 29.5 Å². The number of anilines is 1. The Morgan fingerprint density at radius 1 is 1.13 bits per heavy atom. The van der Waals surface area contributed by atoms with E-state index in [0.29, 0.717) is 27.8 Å². The summed E-state index contributed by atoms with van der Waals surface area (Å²) in [5.41, 5.74) is 10.3. The Bertz CT molecular complexity index is 1250. The van der Waals surface area contributed by atoms with E-state index in [9.17, 15) is 4.79 Å². The van der Waals surface area contributed by atoms with Gasteiger partial charge in [0, 0.05) is 23.3 Å². The first-order valence-corrected chi connectivity index (χ1v) is 10.6. The Morgan fingerprint density at radius 2 is 1.90 bits per heavy atom. The number of hydrogen-bond donors (Lipinski definition) is 2. The standard InChI is InChI=1S/C23H21Cl2N5O/c1-14-4-9-18(16-10-12-30-19(13-16)28-23(26)29-30)21(25)20(14)22(31)27-11-2-3-15-5-7-17(24)8-6-15/h4-10,12-13H,2-3,11H2,1H3,(H2,26,29)(H,27,31). The lowest BCUT2D eigenvalue weighted by atomic mass is 9.99. The highest BCUT2D eigenvalue weighted by Gasteiger charge is 2.18. The molecule has 31 heavy (non-hydrogen) atoms. The van der Waals surface area contributed by atoms with E-state index in [1.54, 1.807) is 10.7 Å². The Morgan fingerprint density at radius 3 is 2.68 bits per heavy atom. The molecule has 0 aliphatic rings. The molecule has 158 valence electrons. The molecule has 4 aromatic rings. The summed E-state index contributed by atoms with van der Waals surface area (Å²) < 4.78 is 1.59. The second-order valence-corrected chi connectivity index (χ2v) is 8.11. The predicted molar refractivity (Wildman–Crippen MR) is 125 cm³/mol. The number of nitrogen functional groups attached to an aromatic ring is 1. The predicted octanol–water partition coefficient (Wildman–Crippen LogP) is 4.96. The van der Waals surface area contributed by atoms with E-state index >= 15 is 0 Å². The number of carbonyl (C=O) groups excluding carboxylic acids is 1. The van der Waals surface area contributed by atoms with Crippen LogP contribution in [0.15, 0.2) is 54.7 Å². The van der Waals surface area contributed by atoms with Crippen molar-refractivity contribution < 1.29 is 4.79 Å². The molecule has 0 saturated heterocycles. The van der Waals surface area contributed by atoms with Gasteiger partial charge in [-0.2, -0.15) is 4.98 Å². The number of amides is 1. The van der Waals surface area contributed by atoms with E-state index in [-0.39, 0.29) is 11.9 Å². The maximum absolute atomic E-state index is 12.9. The lowest BCUT2D eigenvalue weighted by molar-refractivity contribution is 0.0953. The second-order valence-electron chi connectivity index (χ2n) is 7.29. The Kier molecular flexibility index (Phi) is 6.11. The van der Waals surface area contributed by atoms with Crippen LogP contribution in [0.5, 0.6) is 0 Å². The molecular formula is C23H21Cl2N5O. The largest absolute Gasteiger partial charge is 0.366 e. The summed E-state index contributed by atoms with van der Waals surface area (Å²) in [5.74, 6) is 0.0130. The average molecular weight is 454 g/mol. The summed E-state index contributed by atoms with van der Waals surface area (Å²) in [7, 11) is 0. The summed E-state index contributed by atoms with van der Waals surface area (Å²) in [6.07, 6.45) is 3.43. The molecule has 0 bridgehead atoms. The molecular weight excluding hydrogens is 433 g/mol. The third-order valence-electron chi connectivity index (χ3n) is 5.08. The van der Waals surface area contributed by atoms with Gasteiger partial charge in [0.1, 0.15) is 0 Å². The fourth-order valence-corrected chi connectivity index (χ4v) is 4.01. The highest BCUT2D eigenvalue weighted by molar-refractivity contribution is 6.36. The minimum absolute atomic E-state index is 0.187. The molecule has 2 heterocycles. The monoisotopic (exact) mass is 453 g/mol. The number of carbonyl (C=O) groups is 1. The van der Waals surface area contributed by atoms with Gasteiger partial charge in [-0.05, 0) is 60.7 Å². The number of pyridine rings is 1. The molecule has 0 spiro atoms. The lowest BCUT2D eigenvalue weighted by Gasteiger charge is -2.13. The number of benzene rings is 2. The maximum atomic E-state index is 12.9. The number of nitrogens with one attached hydrogen (secondary N) is 1. The van der Waals surface area contributed by atoms with Gasteiger partial charge in [-0.25, -0.2) is 4.52 Å². The van der Waals surface area contributed by atoms with Gasteiger partial charge < -0.3 is 11.1 Å². The molecule has 0 atom stereocenters. The van der Waals surface area contributed by atoms with E-state index < -0.39 is 0 Å². The zero-order chi connectivity index (χ0) is 22.0. The topological polar surface area (TPSA) is 85.3 Å². The third kappa shape index (κ3) is 4.65. The van der Waals surface area contributed by atoms with Gasteiger partial charge in [-0.3, -0.25) is 4.79 Å². The van der Waals surface area contributed by atoms with Crippen molar-refractivity contribution in [1.82, 2.24) is 19.9 Å². The fourth-order valence-electron chi connectivity index (χ4n) is 3.47. The SMILES string of the molecule is Cc1ccc(-c2ccn3nc(N)nc3c2)c(Cl)c1C(=O)NCCCc1ccc(Cl)cc1. The molecule has 6 nitrogen and oxygen atoms in total. The first kappa shape index (κ1) is 21.2. The summed E-state index contributed by atoms with van der Waals surface area (Å²) in [6, 6.07) is 15.2. The van der Waals surface area contributed by atoms with Gasteiger partial charge in [-0.15, -0.1) is 5.10 Å². The van der Waals surface area contributed by atoms with Gasteiger partial charge in [0.15, 0.2) is 5.65 Å². The van der Waals surface area contributed by atoms with Gasteiger partial charge in [0.2, 0.25) is 5.95 Å². The molecule has 0 fully saturated rings. The number of aryl methyl sites for hydroxylation is 2. The second kappa shape index (κ2) is 8.96. The molecule has 4 rings (SSSR count). The Hall–Kier alpha value is -3.09. The smallest absolute Gasteiger partial charge is 0.253 e. The van der Waals surface area contributed by atoms with E-state index in [1.807, 2.05) is 55.5 Å². The molecule has 0 aliphatic carbocycles. The summed E-state index contributed by atoms with van der Waals surface area (Å²) in [5, 5.41) is 8.18. The van der Waals surface area contributed by atoms with Crippen molar-refractivity contribution in [2.24, 2.45) is 0 Å². The van der Waals surface area contributed by atoms with Crippen LogP contribution >= 0.6 is 23.2 Å². The number of fused-ring (bicyclic) bond motifs is 1. The van der Waals surface area contributed by atoms with Gasteiger partial charge in [0.05, 0.1) is 10.6 Å². The van der Waals surface area contributed by atoms with Gasteiger partial charge >= 0.3 is 0 Å². The van der Waals surface area contributed by atoms with Crippen molar-refractivity contribution in [1.29, 1.82) is 0 Å². The van der Waals surface area contributed by atoms with Crippen molar-refractivity contribution in [3.05, 3.63) is 81.5 Å². The Labute approximate surface area is 190 Å². The summed E-state index contributed by atoms with van der Waals surface area (Å²) in [6.45, 7) is 2.42. The highest BCUT2D eigenvalue weighted by Crippen LogP contribution is 2.33. The normalized spacial score (nSPS) is 11.1. The van der Waals surface area contributed by atoms with Gasteiger partial charge in [0.25, 0.3) is 5.91 Å². The van der Waals surface area contributed by atoms with E-state index in [1.165, 1.54) is 5.56 Å². The first-order chi connectivity index (χ1) is 14.9. The summed E-state index contributed by atoms with van der Waals surface area (Å²) in [4.78, 5) is 17.1. The number of aromatic nitrogens is 3. The minimum atomic E-state index is -0.187. The number of rotatable bonds is 6. The lowest BCUT2D eigenvalue weighted by Crippen LogP contribution is -2.26. The number of halogens is 2. The van der Waals surface area contributed by atoms with Crippen LogP contribution in [0.1, 0.15) is 27.9 Å². The molecule has 2 aromatic heterocycles. The van der Waals surface area contributed by atoms with Crippen molar-refractivity contribution in [2.45, 2.75) is 19.8 Å². The van der Waals surface area contributed by atoms with Crippen molar-refractivity contribution in [3.63, 3.8) is 0 Å². The first-order valence-electron chi connectivity index (χ1n) is 9.86.